The van der Waals surface area contributed by atoms with Gasteiger partial charge >= 0.3 is 0 Å². The van der Waals surface area contributed by atoms with Gasteiger partial charge < -0.3 is 19.6 Å². The number of carbonyl (C=O) groups is 1. The number of furan rings is 1. The van der Waals surface area contributed by atoms with Crippen molar-refractivity contribution in [3.05, 3.63) is 23.7 Å². The largest absolute Gasteiger partial charge is 0.455 e. The normalized spacial score (nSPS) is 10.6. The van der Waals surface area contributed by atoms with Crippen LogP contribution in [0.15, 0.2) is 16.5 Å². The molecule has 0 spiro atoms. The van der Waals surface area contributed by atoms with Gasteiger partial charge in [0.1, 0.15) is 5.76 Å². The fraction of sp³-hybridized carbons (Fsp3) is 0.583. The molecule has 0 radical (unpaired) electrons. The molecule has 1 aromatic heterocycles. The van der Waals surface area contributed by atoms with E-state index in [0.29, 0.717) is 31.9 Å². The molecular weight excluding hydrogens is 254 g/mol. The van der Waals surface area contributed by atoms with Crippen molar-refractivity contribution in [3.8, 4) is 0 Å². The van der Waals surface area contributed by atoms with Crippen LogP contribution < -0.4 is 5.32 Å². The van der Waals surface area contributed by atoms with Crippen LogP contribution in [0, 0.1) is 0 Å². The lowest BCUT2D eigenvalue weighted by atomic mass is 10.4. The second-order valence-corrected chi connectivity index (χ2v) is 4.51. The summed E-state index contributed by atoms with van der Waals surface area (Å²) in [6.07, 6.45) is 2.69. The lowest BCUT2D eigenvalue weighted by Crippen LogP contribution is -2.24. The zero-order valence-electron chi connectivity index (χ0n) is 10.5. The summed E-state index contributed by atoms with van der Waals surface area (Å²) in [5.41, 5.74) is 0. The minimum absolute atomic E-state index is 0.0248. The first-order valence-corrected chi connectivity index (χ1v) is 7.21. The quantitative estimate of drug-likeness (QED) is 0.663. The van der Waals surface area contributed by atoms with E-state index in [9.17, 15) is 4.79 Å². The Morgan fingerprint density at radius 2 is 2.33 bits per heavy atom. The first kappa shape index (κ1) is 15.1. The second kappa shape index (κ2) is 9.02. The zero-order valence-corrected chi connectivity index (χ0v) is 11.3. The molecule has 1 heterocycles. The number of hydrogen-bond acceptors (Lipinski definition) is 5. The van der Waals surface area contributed by atoms with Gasteiger partial charge in [0, 0.05) is 13.2 Å². The number of rotatable bonds is 9. The molecule has 0 saturated carbocycles. The van der Waals surface area contributed by atoms with Crippen LogP contribution in [-0.2, 0) is 10.5 Å². The first-order chi connectivity index (χ1) is 8.77. The zero-order chi connectivity index (χ0) is 13.2. The van der Waals surface area contributed by atoms with Crippen molar-refractivity contribution < 1.29 is 19.1 Å². The van der Waals surface area contributed by atoms with Gasteiger partial charge in [-0.15, -0.1) is 0 Å². The van der Waals surface area contributed by atoms with E-state index in [1.807, 2.05) is 12.3 Å². The highest BCUT2D eigenvalue weighted by Gasteiger charge is 2.09. The Hall–Kier alpha value is -0.980. The highest BCUT2D eigenvalue weighted by atomic mass is 32.2. The first-order valence-electron chi connectivity index (χ1n) is 5.82. The Morgan fingerprint density at radius 1 is 1.50 bits per heavy atom. The van der Waals surface area contributed by atoms with Gasteiger partial charge in [-0.05, 0) is 24.8 Å². The van der Waals surface area contributed by atoms with Crippen molar-refractivity contribution in [1.82, 2.24) is 5.32 Å². The standard InChI is InChI=1S/C12H19NO4S/c1-18-9-10-3-4-11(17-10)12(15)13-5-2-7-16-8-6-14/h3-4,14H,2,5-9H2,1H3,(H,13,15). The van der Waals surface area contributed by atoms with Crippen molar-refractivity contribution in [2.24, 2.45) is 0 Å². The van der Waals surface area contributed by atoms with Crippen LogP contribution in [0.5, 0.6) is 0 Å². The summed E-state index contributed by atoms with van der Waals surface area (Å²) >= 11 is 1.65. The number of amides is 1. The van der Waals surface area contributed by atoms with Crippen LogP contribution in [-0.4, -0.2) is 43.6 Å². The smallest absolute Gasteiger partial charge is 0.286 e. The van der Waals surface area contributed by atoms with Crippen molar-refractivity contribution in [2.45, 2.75) is 12.2 Å². The predicted octanol–water partition coefficient (Wildman–Crippen LogP) is 1.27. The molecule has 1 rings (SSSR count). The summed E-state index contributed by atoms with van der Waals surface area (Å²) in [5.74, 6) is 1.71. The van der Waals surface area contributed by atoms with Crippen LogP contribution >= 0.6 is 11.8 Å². The highest BCUT2D eigenvalue weighted by Crippen LogP contribution is 2.13. The summed E-state index contributed by atoms with van der Waals surface area (Å²) in [6, 6.07) is 3.50. The molecule has 0 aliphatic carbocycles. The van der Waals surface area contributed by atoms with Gasteiger partial charge in [0.05, 0.1) is 19.0 Å². The number of aliphatic hydroxyl groups excluding tert-OH is 1. The monoisotopic (exact) mass is 273 g/mol. The van der Waals surface area contributed by atoms with Gasteiger partial charge in [-0.2, -0.15) is 11.8 Å². The molecular formula is C12H19NO4S. The molecule has 0 aromatic carbocycles. The third-order valence-electron chi connectivity index (χ3n) is 2.16. The Bertz CT molecular complexity index is 354. The Kier molecular flexibility index (Phi) is 7.55. The number of hydrogen-bond donors (Lipinski definition) is 2. The second-order valence-electron chi connectivity index (χ2n) is 3.64. The molecule has 0 aliphatic heterocycles. The van der Waals surface area contributed by atoms with Crippen LogP contribution in [0.2, 0.25) is 0 Å². The van der Waals surface area contributed by atoms with E-state index in [1.165, 1.54) is 0 Å². The van der Waals surface area contributed by atoms with E-state index < -0.39 is 0 Å². The fourth-order valence-corrected chi connectivity index (χ4v) is 1.79. The molecule has 0 fully saturated rings. The van der Waals surface area contributed by atoms with Crippen molar-refractivity contribution in [1.29, 1.82) is 0 Å². The van der Waals surface area contributed by atoms with Crippen molar-refractivity contribution in [3.63, 3.8) is 0 Å². The summed E-state index contributed by atoms with van der Waals surface area (Å²) in [4.78, 5) is 11.7. The van der Waals surface area contributed by atoms with E-state index in [0.717, 1.165) is 11.5 Å². The van der Waals surface area contributed by atoms with Crippen LogP contribution in [0.1, 0.15) is 22.7 Å². The molecule has 6 heteroatoms. The van der Waals surface area contributed by atoms with E-state index in [-0.39, 0.29) is 12.5 Å². The summed E-state index contributed by atoms with van der Waals surface area (Å²) < 4.78 is 10.5. The molecule has 0 saturated heterocycles. The van der Waals surface area contributed by atoms with E-state index in [2.05, 4.69) is 5.32 Å². The Balaban J connectivity index is 2.19. The Labute approximate surface area is 111 Å². The van der Waals surface area contributed by atoms with Gasteiger partial charge in [0.2, 0.25) is 0 Å². The number of thioether (sulfide) groups is 1. The van der Waals surface area contributed by atoms with Crippen LogP contribution in [0.3, 0.4) is 0 Å². The van der Waals surface area contributed by atoms with Gasteiger partial charge in [-0.25, -0.2) is 0 Å². The molecule has 18 heavy (non-hydrogen) atoms. The number of aliphatic hydroxyl groups is 1. The number of nitrogens with one attached hydrogen (secondary N) is 1. The fourth-order valence-electron chi connectivity index (χ4n) is 1.35. The molecule has 0 bridgehead atoms. The van der Waals surface area contributed by atoms with Crippen LogP contribution in [0.4, 0.5) is 0 Å². The Morgan fingerprint density at radius 3 is 3.06 bits per heavy atom. The highest BCUT2D eigenvalue weighted by molar-refractivity contribution is 7.97. The average Bonchev–Trinajstić information content (AvgIpc) is 2.82. The molecule has 0 atom stereocenters. The molecule has 1 amide bonds. The maximum atomic E-state index is 11.7. The van der Waals surface area contributed by atoms with Crippen molar-refractivity contribution in [2.75, 3.05) is 32.6 Å². The van der Waals surface area contributed by atoms with Crippen LogP contribution in [0.25, 0.3) is 0 Å². The van der Waals surface area contributed by atoms with Gasteiger partial charge in [-0.3, -0.25) is 4.79 Å². The topological polar surface area (TPSA) is 71.7 Å². The van der Waals surface area contributed by atoms with E-state index >= 15 is 0 Å². The van der Waals surface area contributed by atoms with Gasteiger partial charge in [0.15, 0.2) is 5.76 Å². The van der Waals surface area contributed by atoms with E-state index in [4.69, 9.17) is 14.3 Å². The third kappa shape index (κ3) is 5.57. The van der Waals surface area contributed by atoms with Crippen molar-refractivity contribution >= 4 is 17.7 Å². The number of carbonyl (C=O) groups excluding carboxylic acids is 1. The van der Waals surface area contributed by atoms with Gasteiger partial charge in [0.25, 0.3) is 5.91 Å². The predicted molar refractivity (Wildman–Crippen MR) is 70.8 cm³/mol. The number of ether oxygens (including phenoxy) is 1. The molecule has 5 nitrogen and oxygen atoms in total. The molecule has 0 aliphatic rings. The minimum atomic E-state index is -0.204. The molecule has 102 valence electrons. The molecule has 2 N–H and O–H groups in total. The minimum Gasteiger partial charge on any atom is -0.455 e. The summed E-state index contributed by atoms with van der Waals surface area (Å²) in [7, 11) is 0. The lowest BCUT2D eigenvalue weighted by molar-refractivity contribution is 0.0855. The summed E-state index contributed by atoms with van der Waals surface area (Å²) in [5, 5.41) is 11.2. The third-order valence-corrected chi connectivity index (χ3v) is 2.73. The average molecular weight is 273 g/mol. The maximum Gasteiger partial charge on any atom is 0.286 e. The van der Waals surface area contributed by atoms with Gasteiger partial charge in [-0.1, -0.05) is 0 Å². The maximum absolute atomic E-state index is 11.7. The molecule has 1 aromatic rings. The SMILES string of the molecule is CSCc1ccc(C(=O)NCCCOCCO)o1. The molecule has 0 unspecified atom stereocenters. The summed E-state index contributed by atoms with van der Waals surface area (Å²) in [6.45, 7) is 1.42. The lowest BCUT2D eigenvalue weighted by Gasteiger charge is -2.03. The van der Waals surface area contributed by atoms with E-state index in [1.54, 1.807) is 17.8 Å².